The topological polar surface area (TPSA) is 0 Å². The predicted molar refractivity (Wildman–Crippen MR) is 55.1 cm³/mol. The van der Waals surface area contributed by atoms with Crippen LogP contribution < -0.4 is 0 Å². The van der Waals surface area contributed by atoms with E-state index in [1.807, 2.05) is 0 Å². The van der Waals surface area contributed by atoms with Gasteiger partial charge in [-0.2, -0.15) is 0 Å². The maximum atomic E-state index is 2.33. The van der Waals surface area contributed by atoms with Crippen LogP contribution in [0.2, 0.25) is 0 Å². The predicted octanol–water partition coefficient (Wildman–Crippen LogP) is 3.87. The number of allylic oxidation sites excluding steroid dienone is 6. The Bertz CT molecular complexity index is 226. The van der Waals surface area contributed by atoms with E-state index in [2.05, 4.69) is 45.1 Å². The summed E-state index contributed by atoms with van der Waals surface area (Å²) in [5, 5.41) is 0. The molecule has 0 fully saturated rings. The van der Waals surface area contributed by atoms with Gasteiger partial charge in [-0.25, -0.2) is 0 Å². The third-order valence-electron chi connectivity index (χ3n) is 2.10. The summed E-state index contributed by atoms with van der Waals surface area (Å²) in [6.07, 6.45) is 11.6. The molecule has 0 nitrogen and oxygen atoms in total. The van der Waals surface area contributed by atoms with Crippen LogP contribution in [0.3, 0.4) is 0 Å². The van der Waals surface area contributed by atoms with E-state index in [4.69, 9.17) is 0 Å². The van der Waals surface area contributed by atoms with Crippen molar-refractivity contribution in [1.29, 1.82) is 0 Å². The first kappa shape index (κ1) is 9.31. The highest BCUT2D eigenvalue weighted by Crippen LogP contribution is 2.19. The average Bonchev–Trinajstić information content (AvgIpc) is 2.03. The van der Waals surface area contributed by atoms with E-state index in [0.29, 0.717) is 5.92 Å². The van der Waals surface area contributed by atoms with Gasteiger partial charge in [0.15, 0.2) is 0 Å². The molecule has 1 aliphatic rings. The fourth-order valence-corrected chi connectivity index (χ4v) is 1.31. The van der Waals surface area contributed by atoms with Crippen molar-refractivity contribution in [3.63, 3.8) is 0 Å². The van der Waals surface area contributed by atoms with Crippen molar-refractivity contribution in [3.8, 4) is 0 Å². The molecule has 0 saturated carbocycles. The summed E-state index contributed by atoms with van der Waals surface area (Å²) in [7, 11) is 0. The Kier molecular flexibility index (Phi) is 3.33. The van der Waals surface area contributed by atoms with Gasteiger partial charge in [0.1, 0.15) is 0 Å². The molecule has 12 heavy (non-hydrogen) atoms. The normalized spacial score (nSPS) is 18.3. The quantitative estimate of drug-likeness (QED) is 0.578. The van der Waals surface area contributed by atoms with Gasteiger partial charge in [-0.3, -0.25) is 0 Å². The first-order chi connectivity index (χ1) is 5.70. The molecule has 1 rings (SSSR count). The van der Waals surface area contributed by atoms with E-state index >= 15 is 0 Å². The molecule has 0 bridgehead atoms. The fourth-order valence-electron chi connectivity index (χ4n) is 1.31. The van der Waals surface area contributed by atoms with Gasteiger partial charge in [0.25, 0.3) is 0 Å². The van der Waals surface area contributed by atoms with Crippen LogP contribution in [0.25, 0.3) is 0 Å². The second kappa shape index (κ2) is 4.30. The van der Waals surface area contributed by atoms with Crippen molar-refractivity contribution in [1.82, 2.24) is 0 Å². The van der Waals surface area contributed by atoms with Crippen LogP contribution in [0.5, 0.6) is 0 Å². The first-order valence-corrected chi connectivity index (χ1v) is 4.75. The summed E-state index contributed by atoms with van der Waals surface area (Å²) in [6, 6.07) is 0. The van der Waals surface area contributed by atoms with E-state index < -0.39 is 0 Å². The number of hydrogen-bond acceptors (Lipinski definition) is 0. The summed E-state index contributed by atoms with van der Waals surface area (Å²) in [4.78, 5) is 0. The monoisotopic (exact) mass is 162 g/mol. The van der Waals surface area contributed by atoms with Crippen molar-refractivity contribution < 1.29 is 0 Å². The third-order valence-corrected chi connectivity index (χ3v) is 2.10. The molecule has 0 aromatic carbocycles. The highest BCUT2D eigenvalue weighted by Gasteiger charge is 1.99. The van der Waals surface area contributed by atoms with E-state index in [0.717, 1.165) is 0 Å². The number of rotatable bonds is 2. The summed E-state index contributed by atoms with van der Waals surface area (Å²) < 4.78 is 0. The van der Waals surface area contributed by atoms with Crippen LogP contribution in [-0.2, 0) is 0 Å². The van der Waals surface area contributed by atoms with Gasteiger partial charge in [0.2, 0.25) is 0 Å². The largest absolute Gasteiger partial charge is 0.0814 e. The van der Waals surface area contributed by atoms with Gasteiger partial charge in [0.05, 0.1) is 0 Å². The SMILES string of the molecule is CC1=CCCC=C1/C=C\C(C)C. The Morgan fingerprint density at radius 3 is 2.50 bits per heavy atom. The zero-order valence-corrected chi connectivity index (χ0v) is 8.30. The highest BCUT2D eigenvalue weighted by molar-refractivity contribution is 5.40. The Morgan fingerprint density at radius 2 is 1.92 bits per heavy atom. The Morgan fingerprint density at radius 1 is 1.25 bits per heavy atom. The maximum Gasteiger partial charge on any atom is -0.0273 e. The smallest absolute Gasteiger partial charge is 0.0273 e. The molecule has 66 valence electrons. The molecule has 0 N–H and O–H groups in total. The van der Waals surface area contributed by atoms with E-state index in [-0.39, 0.29) is 0 Å². The van der Waals surface area contributed by atoms with Gasteiger partial charge in [0, 0.05) is 0 Å². The minimum atomic E-state index is 0.653. The Hall–Kier alpha value is -0.780. The molecule has 1 aliphatic carbocycles. The molecule has 0 spiro atoms. The maximum absolute atomic E-state index is 2.33. The van der Waals surface area contributed by atoms with Crippen molar-refractivity contribution in [2.75, 3.05) is 0 Å². The lowest BCUT2D eigenvalue weighted by atomic mass is 9.98. The lowest BCUT2D eigenvalue weighted by Crippen LogP contribution is -1.89. The first-order valence-electron chi connectivity index (χ1n) is 4.75. The van der Waals surface area contributed by atoms with Crippen LogP contribution >= 0.6 is 0 Å². The zero-order chi connectivity index (χ0) is 8.97. The van der Waals surface area contributed by atoms with Crippen molar-refractivity contribution in [2.45, 2.75) is 33.6 Å². The van der Waals surface area contributed by atoms with Crippen LogP contribution in [0, 0.1) is 5.92 Å². The molecule has 0 radical (unpaired) electrons. The molecule has 0 aromatic rings. The molecule has 0 saturated heterocycles. The number of hydrogen-bond donors (Lipinski definition) is 0. The van der Waals surface area contributed by atoms with Gasteiger partial charge in [-0.1, -0.05) is 38.2 Å². The van der Waals surface area contributed by atoms with Gasteiger partial charge < -0.3 is 0 Å². The van der Waals surface area contributed by atoms with Crippen LogP contribution in [0.4, 0.5) is 0 Å². The average molecular weight is 162 g/mol. The molecule has 0 amide bonds. The summed E-state index contributed by atoms with van der Waals surface area (Å²) in [5.74, 6) is 0.653. The van der Waals surface area contributed by atoms with Crippen LogP contribution in [0.15, 0.2) is 35.5 Å². The van der Waals surface area contributed by atoms with Gasteiger partial charge >= 0.3 is 0 Å². The van der Waals surface area contributed by atoms with Crippen LogP contribution in [0.1, 0.15) is 33.6 Å². The molecular weight excluding hydrogens is 144 g/mol. The lowest BCUT2D eigenvalue weighted by molar-refractivity contribution is 0.830. The van der Waals surface area contributed by atoms with E-state index in [1.54, 1.807) is 0 Å². The van der Waals surface area contributed by atoms with Gasteiger partial charge in [-0.15, -0.1) is 0 Å². The minimum absolute atomic E-state index is 0.653. The van der Waals surface area contributed by atoms with E-state index in [1.165, 1.54) is 24.0 Å². The third kappa shape index (κ3) is 2.69. The summed E-state index contributed by atoms with van der Waals surface area (Å²) in [6.45, 7) is 6.60. The molecule has 0 aromatic heterocycles. The second-order valence-corrected chi connectivity index (χ2v) is 3.73. The highest BCUT2D eigenvalue weighted by atomic mass is 14.1. The Labute approximate surface area is 75.7 Å². The minimum Gasteiger partial charge on any atom is -0.0814 e. The van der Waals surface area contributed by atoms with Crippen molar-refractivity contribution in [3.05, 3.63) is 35.5 Å². The van der Waals surface area contributed by atoms with Crippen molar-refractivity contribution >= 4 is 0 Å². The summed E-state index contributed by atoms with van der Waals surface area (Å²) in [5.41, 5.74) is 2.84. The molecule has 0 unspecified atom stereocenters. The molecular formula is C12H18. The van der Waals surface area contributed by atoms with Gasteiger partial charge in [-0.05, 0) is 36.8 Å². The second-order valence-electron chi connectivity index (χ2n) is 3.73. The standard InChI is InChI=1S/C12H18/c1-10(2)8-9-12-7-5-4-6-11(12)3/h6-10H,4-5H2,1-3H3/b9-8-. The zero-order valence-electron chi connectivity index (χ0n) is 8.30. The molecule has 0 aliphatic heterocycles. The molecule has 0 heteroatoms. The molecule has 0 atom stereocenters. The van der Waals surface area contributed by atoms with Crippen molar-refractivity contribution in [2.24, 2.45) is 5.92 Å². The van der Waals surface area contributed by atoms with Crippen LogP contribution in [-0.4, -0.2) is 0 Å². The fraction of sp³-hybridized carbons (Fsp3) is 0.500. The van der Waals surface area contributed by atoms with E-state index in [9.17, 15) is 0 Å². The summed E-state index contributed by atoms with van der Waals surface area (Å²) >= 11 is 0. The molecule has 0 heterocycles. The lowest BCUT2D eigenvalue weighted by Gasteiger charge is -2.08. The Balaban J connectivity index is 2.63.